The van der Waals surface area contributed by atoms with Crippen LogP contribution in [0.4, 0.5) is 5.82 Å². The molecule has 1 aliphatic heterocycles. The Morgan fingerprint density at radius 3 is 2.60 bits per heavy atom. The van der Waals surface area contributed by atoms with Crippen molar-refractivity contribution in [3.05, 3.63) is 46.9 Å². The van der Waals surface area contributed by atoms with Crippen LogP contribution in [0.3, 0.4) is 0 Å². The van der Waals surface area contributed by atoms with Crippen LogP contribution >= 0.6 is 11.6 Å². The molecule has 0 unspecified atom stereocenters. The van der Waals surface area contributed by atoms with Crippen molar-refractivity contribution in [2.45, 2.75) is 6.54 Å². The summed E-state index contributed by atoms with van der Waals surface area (Å²) in [6.07, 6.45) is 0. The number of hydrogen-bond acceptors (Lipinski definition) is 3. The number of fused-ring (bicyclic) bond motifs is 1. The third-order valence-electron chi connectivity index (χ3n) is 3.42. The first-order valence-corrected chi connectivity index (χ1v) is 6.72. The van der Waals surface area contributed by atoms with Gasteiger partial charge in [0, 0.05) is 14.1 Å². The number of nitrogens with zero attached hydrogens (tertiary/aromatic N) is 4. The van der Waals surface area contributed by atoms with E-state index in [1.807, 2.05) is 42.3 Å². The molecule has 1 aromatic heterocycles. The standard InChI is InChI=1S/C14H15ClN4O/c1-17-9-18(2)13(20)11-12(17)16-14(15)19(11)8-10-6-4-3-5-7-10/h3-7H,8-9H2,1-2H3. The van der Waals surface area contributed by atoms with Crippen LogP contribution < -0.4 is 4.90 Å². The van der Waals surface area contributed by atoms with E-state index in [4.69, 9.17) is 11.6 Å². The van der Waals surface area contributed by atoms with Gasteiger partial charge < -0.3 is 14.4 Å². The van der Waals surface area contributed by atoms with E-state index in [2.05, 4.69) is 4.98 Å². The monoisotopic (exact) mass is 290 g/mol. The summed E-state index contributed by atoms with van der Waals surface area (Å²) < 4.78 is 1.76. The van der Waals surface area contributed by atoms with Crippen LogP contribution in [-0.4, -0.2) is 41.1 Å². The highest BCUT2D eigenvalue weighted by Gasteiger charge is 2.31. The molecule has 2 heterocycles. The van der Waals surface area contributed by atoms with E-state index in [1.54, 1.807) is 16.5 Å². The molecule has 6 heteroatoms. The first kappa shape index (κ1) is 13.0. The molecule has 1 amide bonds. The molecule has 0 aliphatic carbocycles. The minimum absolute atomic E-state index is 0.0477. The summed E-state index contributed by atoms with van der Waals surface area (Å²) in [6, 6.07) is 9.90. The predicted molar refractivity (Wildman–Crippen MR) is 78.1 cm³/mol. The van der Waals surface area contributed by atoms with Crippen LogP contribution in [0.5, 0.6) is 0 Å². The normalized spacial score (nSPS) is 14.7. The van der Waals surface area contributed by atoms with Crippen LogP contribution in [0, 0.1) is 0 Å². The molecule has 0 radical (unpaired) electrons. The van der Waals surface area contributed by atoms with Gasteiger partial charge in [-0.15, -0.1) is 0 Å². The second-order valence-corrected chi connectivity index (χ2v) is 5.31. The smallest absolute Gasteiger partial charge is 0.275 e. The summed E-state index contributed by atoms with van der Waals surface area (Å²) in [5, 5.41) is 0.342. The van der Waals surface area contributed by atoms with Crippen molar-refractivity contribution < 1.29 is 4.79 Å². The zero-order valence-electron chi connectivity index (χ0n) is 11.4. The van der Waals surface area contributed by atoms with Gasteiger partial charge in [-0.3, -0.25) is 4.79 Å². The minimum atomic E-state index is -0.0477. The number of imidazole rings is 1. The number of halogens is 1. The predicted octanol–water partition coefficient (Wildman–Crippen LogP) is 2.06. The number of carbonyl (C=O) groups is 1. The van der Waals surface area contributed by atoms with Gasteiger partial charge in [0.05, 0.1) is 13.2 Å². The van der Waals surface area contributed by atoms with Crippen molar-refractivity contribution in [1.82, 2.24) is 14.5 Å². The van der Waals surface area contributed by atoms with Crippen molar-refractivity contribution in [3.8, 4) is 0 Å². The molecule has 0 bridgehead atoms. The van der Waals surface area contributed by atoms with Gasteiger partial charge in [-0.1, -0.05) is 30.3 Å². The summed E-state index contributed by atoms with van der Waals surface area (Å²) in [4.78, 5) is 20.3. The number of carbonyl (C=O) groups excluding carboxylic acids is 1. The Hall–Kier alpha value is -2.01. The van der Waals surface area contributed by atoms with E-state index < -0.39 is 0 Å². The summed E-state index contributed by atoms with van der Waals surface area (Å²) in [6.45, 7) is 1.06. The van der Waals surface area contributed by atoms with Gasteiger partial charge in [0.25, 0.3) is 5.91 Å². The highest BCUT2D eigenvalue weighted by molar-refractivity contribution is 6.29. The lowest BCUT2D eigenvalue weighted by atomic mass is 10.2. The fourth-order valence-electron chi connectivity index (χ4n) is 2.43. The van der Waals surface area contributed by atoms with Gasteiger partial charge in [0.1, 0.15) is 0 Å². The second kappa shape index (κ2) is 4.83. The summed E-state index contributed by atoms with van der Waals surface area (Å²) in [7, 11) is 3.67. The Kier molecular flexibility index (Phi) is 3.14. The van der Waals surface area contributed by atoms with E-state index in [0.717, 1.165) is 5.56 Å². The highest BCUT2D eigenvalue weighted by Crippen LogP contribution is 2.29. The maximum absolute atomic E-state index is 12.4. The van der Waals surface area contributed by atoms with Crippen LogP contribution in [-0.2, 0) is 6.54 Å². The van der Waals surface area contributed by atoms with E-state index in [-0.39, 0.29) is 5.91 Å². The van der Waals surface area contributed by atoms with Crippen LogP contribution in [0.15, 0.2) is 30.3 Å². The number of amides is 1. The number of rotatable bonds is 2. The van der Waals surface area contributed by atoms with E-state index in [1.165, 1.54) is 0 Å². The molecule has 3 rings (SSSR count). The van der Waals surface area contributed by atoms with E-state index in [9.17, 15) is 4.79 Å². The summed E-state index contributed by atoms with van der Waals surface area (Å²) >= 11 is 6.22. The summed E-state index contributed by atoms with van der Waals surface area (Å²) in [5.74, 6) is 0.600. The van der Waals surface area contributed by atoms with E-state index >= 15 is 0 Å². The lowest BCUT2D eigenvalue weighted by molar-refractivity contribution is 0.0774. The van der Waals surface area contributed by atoms with Gasteiger partial charge in [-0.2, -0.15) is 4.98 Å². The van der Waals surface area contributed by atoms with Gasteiger partial charge in [-0.25, -0.2) is 0 Å². The van der Waals surface area contributed by atoms with Crippen molar-refractivity contribution in [1.29, 1.82) is 0 Å². The third kappa shape index (κ3) is 2.04. The first-order valence-electron chi connectivity index (χ1n) is 6.34. The van der Waals surface area contributed by atoms with Crippen molar-refractivity contribution in [3.63, 3.8) is 0 Å². The Balaban J connectivity index is 2.06. The molecule has 0 saturated heterocycles. The molecule has 0 N–H and O–H groups in total. The Labute approximate surface area is 122 Å². The molecule has 1 aromatic carbocycles. The molecule has 2 aromatic rings. The quantitative estimate of drug-likeness (QED) is 0.850. The molecule has 0 saturated carbocycles. The van der Waals surface area contributed by atoms with Gasteiger partial charge in [0.15, 0.2) is 11.5 Å². The maximum Gasteiger partial charge on any atom is 0.275 e. The van der Waals surface area contributed by atoms with Crippen molar-refractivity contribution in [2.75, 3.05) is 25.7 Å². The molecular formula is C14H15ClN4O. The molecule has 20 heavy (non-hydrogen) atoms. The molecule has 1 aliphatic rings. The molecular weight excluding hydrogens is 276 g/mol. The largest absolute Gasteiger partial charge is 0.340 e. The number of benzene rings is 1. The second-order valence-electron chi connectivity index (χ2n) is 4.97. The number of anilines is 1. The van der Waals surface area contributed by atoms with Crippen molar-refractivity contribution in [2.24, 2.45) is 0 Å². The van der Waals surface area contributed by atoms with Crippen molar-refractivity contribution >= 4 is 23.3 Å². The van der Waals surface area contributed by atoms with Gasteiger partial charge in [0.2, 0.25) is 5.28 Å². The third-order valence-corrected chi connectivity index (χ3v) is 3.71. The molecule has 0 fully saturated rings. The summed E-state index contributed by atoms with van der Waals surface area (Å²) in [5.41, 5.74) is 1.63. The molecule has 104 valence electrons. The molecule has 0 atom stereocenters. The average molecular weight is 291 g/mol. The Morgan fingerprint density at radius 2 is 1.90 bits per heavy atom. The Bertz CT molecular complexity index is 653. The van der Waals surface area contributed by atoms with Crippen LogP contribution in [0.25, 0.3) is 0 Å². The molecule has 0 spiro atoms. The Morgan fingerprint density at radius 1 is 1.20 bits per heavy atom. The number of aromatic nitrogens is 2. The number of hydrogen-bond donors (Lipinski definition) is 0. The lowest BCUT2D eigenvalue weighted by Gasteiger charge is -2.30. The SMILES string of the molecule is CN1CN(C)c2nc(Cl)n(Cc3ccccc3)c2C1=O. The van der Waals surface area contributed by atoms with Crippen LogP contribution in [0.1, 0.15) is 16.1 Å². The van der Waals surface area contributed by atoms with Crippen LogP contribution in [0.2, 0.25) is 5.28 Å². The molecule has 5 nitrogen and oxygen atoms in total. The average Bonchev–Trinajstić information content (AvgIpc) is 2.76. The van der Waals surface area contributed by atoms with E-state index in [0.29, 0.717) is 30.0 Å². The topological polar surface area (TPSA) is 41.4 Å². The maximum atomic E-state index is 12.4. The lowest BCUT2D eigenvalue weighted by Crippen LogP contribution is -2.43. The zero-order valence-corrected chi connectivity index (χ0v) is 12.1. The fraction of sp³-hybridized carbons (Fsp3) is 0.286. The zero-order chi connectivity index (χ0) is 14.3. The van der Waals surface area contributed by atoms with Gasteiger partial charge >= 0.3 is 0 Å². The minimum Gasteiger partial charge on any atom is -0.340 e. The van der Waals surface area contributed by atoms with Gasteiger partial charge in [-0.05, 0) is 17.2 Å². The fourth-order valence-corrected chi connectivity index (χ4v) is 2.66. The first-order chi connectivity index (χ1) is 9.58. The highest BCUT2D eigenvalue weighted by atomic mass is 35.5.